The molecule has 20 heavy (non-hydrogen) atoms. The summed E-state index contributed by atoms with van der Waals surface area (Å²) in [5.41, 5.74) is 12.7. The maximum Gasteiger partial charge on any atom is 0.122 e. The van der Waals surface area contributed by atoms with Gasteiger partial charge in [-0.1, -0.05) is 30.3 Å². The van der Waals surface area contributed by atoms with Crippen molar-refractivity contribution in [2.75, 3.05) is 6.61 Å². The van der Waals surface area contributed by atoms with E-state index in [1.807, 2.05) is 0 Å². The summed E-state index contributed by atoms with van der Waals surface area (Å²) < 4.78 is 5.67. The van der Waals surface area contributed by atoms with E-state index < -0.39 is 0 Å². The molecule has 0 aliphatic carbocycles. The van der Waals surface area contributed by atoms with Gasteiger partial charge in [-0.3, -0.25) is 0 Å². The number of benzene rings is 2. The maximum absolute atomic E-state index is 6.51. The zero-order chi connectivity index (χ0) is 14.1. The molecule has 2 N–H and O–H groups in total. The first-order chi connectivity index (χ1) is 9.66. The quantitative estimate of drug-likeness (QED) is 0.901. The zero-order valence-corrected chi connectivity index (χ0v) is 12.1. The molecule has 2 aromatic rings. The van der Waals surface area contributed by atoms with Crippen molar-refractivity contribution in [3.8, 4) is 5.75 Å². The van der Waals surface area contributed by atoms with Crippen LogP contribution >= 0.6 is 0 Å². The summed E-state index contributed by atoms with van der Waals surface area (Å²) in [6, 6.07) is 12.7. The van der Waals surface area contributed by atoms with Gasteiger partial charge >= 0.3 is 0 Å². The number of fused-ring (bicyclic) bond motifs is 1. The van der Waals surface area contributed by atoms with Gasteiger partial charge in [-0.05, 0) is 60.6 Å². The minimum Gasteiger partial charge on any atom is -0.493 e. The van der Waals surface area contributed by atoms with Crippen LogP contribution in [0.2, 0.25) is 0 Å². The monoisotopic (exact) mass is 267 g/mol. The summed E-state index contributed by atoms with van der Waals surface area (Å²) in [5, 5.41) is 0. The number of hydrogen-bond acceptors (Lipinski definition) is 2. The topological polar surface area (TPSA) is 35.2 Å². The molecule has 2 nitrogen and oxygen atoms in total. The summed E-state index contributed by atoms with van der Waals surface area (Å²) in [7, 11) is 0. The standard InChI is InChI=1S/C18H21NO/c1-12-5-3-6-13(2)17(12)18(19)15-8-9-16-14(11-15)7-4-10-20-16/h3,5-6,8-9,11,18H,4,7,10,19H2,1-2H3. The summed E-state index contributed by atoms with van der Waals surface area (Å²) in [6.07, 6.45) is 2.18. The molecule has 0 aromatic heterocycles. The van der Waals surface area contributed by atoms with Crippen LogP contribution in [0.3, 0.4) is 0 Å². The molecule has 1 aliphatic heterocycles. The molecule has 1 atom stereocenters. The van der Waals surface area contributed by atoms with E-state index in [1.54, 1.807) is 0 Å². The lowest BCUT2D eigenvalue weighted by molar-refractivity contribution is 0.288. The van der Waals surface area contributed by atoms with Crippen LogP contribution < -0.4 is 10.5 Å². The SMILES string of the molecule is Cc1cccc(C)c1C(N)c1ccc2c(c1)CCCO2. The molecule has 2 heteroatoms. The van der Waals surface area contributed by atoms with Crippen LogP contribution in [0.1, 0.15) is 40.3 Å². The molecule has 1 unspecified atom stereocenters. The molecule has 0 amide bonds. The number of ether oxygens (including phenoxy) is 1. The van der Waals surface area contributed by atoms with Crippen LogP contribution in [0.5, 0.6) is 5.75 Å². The lowest BCUT2D eigenvalue weighted by Crippen LogP contribution is -2.16. The molecule has 0 saturated heterocycles. The van der Waals surface area contributed by atoms with Crippen molar-refractivity contribution in [3.05, 3.63) is 64.2 Å². The predicted molar refractivity (Wildman–Crippen MR) is 82.2 cm³/mol. The Morgan fingerprint density at radius 3 is 2.60 bits per heavy atom. The highest BCUT2D eigenvalue weighted by atomic mass is 16.5. The van der Waals surface area contributed by atoms with Gasteiger partial charge in [0.15, 0.2) is 0 Å². The van der Waals surface area contributed by atoms with E-state index in [4.69, 9.17) is 10.5 Å². The van der Waals surface area contributed by atoms with E-state index >= 15 is 0 Å². The second-order valence-electron chi connectivity index (χ2n) is 5.60. The third-order valence-electron chi connectivity index (χ3n) is 4.14. The first kappa shape index (κ1) is 13.2. The number of nitrogens with two attached hydrogens (primary N) is 1. The van der Waals surface area contributed by atoms with Crippen LogP contribution in [-0.2, 0) is 6.42 Å². The predicted octanol–water partition coefficient (Wildman–Crippen LogP) is 3.68. The molecule has 0 bridgehead atoms. The average molecular weight is 267 g/mol. The van der Waals surface area contributed by atoms with E-state index in [9.17, 15) is 0 Å². The van der Waals surface area contributed by atoms with Gasteiger partial charge in [0.2, 0.25) is 0 Å². The number of rotatable bonds is 2. The second-order valence-corrected chi connectivity index (χ2v) is 5.60. The largest absolute Gasteiger partial charge is 0.493 e. The fraction of sp³-hybridized carbons (Fsp3) is 0.333. The Balaban J connectivity index is 2.00. The summed E-state index contributed by atoms with van der Waals surface area (Å²) in [5.74, 6) is 1.02. The van der Waals surface area contributed by atoms with E-state index in [0.29, 0.717) is 0 Å². The third kappa shape index (κ3) is 2.32. The van der Waals surface area contributed by atoms with E-state index in [-0.39, 0.29) is 6.04 Å². The van der Waals surface area contributed by atoms with Crippen LogP contribution in [0.25, 0.3) is 0 Å². The molecule has 0 radical (unpaired) electrons. The van der Waals surface area contributed by atoms with Crippen molar-refractivity contribution < 1.29 is 4.74 Å². The summed E-state index contributed by atoms with van der Waals surface area (Å²) >= 11 is 0. The molecule has 104 valence electrons. The van der Waals surface area contributed by atoms with Crippen molar-refractivity contribution in [2.45, 2.75) is 32.7 Å². The molecule has 0 spiro atoms. The Morgan fingerprint density at radius 2 is 1.85 bits per heavy atom. The smallest absolute Gasteiger partial charge is 0.122 e. The van der Waals surface area contributed by atoms with Gasteiger partial charge in [-0.15, -0.1) is 0 Å². The fourth-order valence-electron chi connectivity index (χ4n) is 3.06. The lowest BCUT2D eigenvalue weighted by atomic mass is 9.90. The van der Waals surface area contributed by atoms with Crippen molar-refractivity contribution in [1.82, 2.24) is 0 Å². The minimum absolute atomic E-state index is 0.0663. The van der Waals surface area contributed by atoms with Crippen molar-refractivity contribution in [3.63, 3.8) is 0 Å². The Morgan fingerprint density at radius 1 is 1.10 bits per heavy atom. The summed E-state index contributed by atoms with van der Waals surface area (Å²) in [4.78, 5) is 0. The van der Waals surface area contributed by atoms with Gasteiger partial charge in [-0.25, -0.2) is 0 Å². The molecule has 0 saturated carbocycles. The molecule has 1 heterocycles. The van der Waals surface area contributed by atoms with E-state index in [0.717, 1.165) is 25.2 Å². The molecule has 2 aromatic carbocycles. The van der Waals surface area contributed by atoms with Crippen LogP contribution in [-0.4, -0.2) is 6.61 Å². The molecular formula is C18H21NO. The molecule has 0 fully saturated rings. The summed E-state index contributed by atoms with van der Waals surface area (Å²) in [6.45, 7) is 5.09. The van der Waals surface area contributed by atoms with E-state index in [1.165, 1.54) is 27.8 Å². The van der Waals surface area contributed by atoms with Crippen LogP contribution in [0.15, 0.2) is 36.4 Å². The Kier molecular flexibility index (Phi) is 3.49. The molecular weight excluding hydrogens is 246 g/mol. The third-order valence-corrected chi connectivity index (χ3v) is 4.14. The van der Waals surface area contributed by atoms with Gasteiger partial charge in [0.25, 0.3) is 0 Å². The van der Waals surface area contributed by atoms with Gasteiger partial charge < -0.3 is 10.5 Å². The van der Waals surface area contributed by atoms with Gasteiger partial charge in [0.05, 0.1) is 12.6 Å². The molecule has 3 rings (SSSR count). The number of hydrogen-bond donors (Lipinski definition) is 1. The van der Waals surface area contributed by atoms with Gasteiger partial charge in [0.1, 0.15) is 5.75 Å². The van der Waals surface area contributed by atoms with Crippen LogP contribution in [0.4, 0.5) is 0 Å². The van der Waals surface area contributed by atoms with Gasteiger partial charge in [0, 0.05) is 0 Å². The normalized spacial score (nSPS) is 15.3. The van der Waals surface area contributed by atoms with Crippen molar-refractivity contribution in [2.24, 2.45) is 5.73 Å². The lowest BCUT2D eigenvalue weighted by Gasteiger charge is -2.22. The first-order valence-electron chi connectivity index (χ1n) is 7.24. The second kappa shape index (κ2) is 5.29. The number of aryl methyl sites for hydroxylation is 3. The highest BCUT2D eigenvalue weighted by Gasteiger charge is 2.17. The fourth-order valence-corrected chi connectivity index (χ4v) is 3.06. The zero-order valence-electron chi connectivity index (χ0n) is 12.1. The average Bonchev–Trinajstić information content (AvgIpc) is 2.46. The highest BCUT2D eigenvalue weighted by Crippen LogP contribution is 2.31. The Labute approximate surface area is 120 Å². The van der Waals surface area contributed by atoms with E-state index in [2.05, 4.69) is 50.2 Å². The first-order valence-corrected chi connectivity index (χ1v) is 7.24. The van der Waals surface area contributed by atoms with Crippen LogP contribution in [0, 0.1) is 13.8 Å². The minimum atomic E-state index is -0.0663. The Hall–Kier alpha value is -1.80. The molecule has 1 aliphatic rings. The van der Waals surface area contributed by atoms with Crippen molar-refractivity contribution >= 4 is 0 Å². The Bertz CT molecular complexity index is 613. The van der Waals surface area contributed by atoms with Crippen molar-refractivity contribution in [1.29, 1.82) is 0 Å². The maximum atomic E-state index is 6.51. The highest BCUT2D eigenvalue weighted by molar-refractivity contribution is 5.45. The van der Waals surface area contributed by atoms with Gasteiger partial charge in [-0.2, -0.15) is 0 Å².